The Balaban J connectivity index is 2.65. The average molecular weight is 289 g/mol. The third-order valence-corrected chi connectivity index (χ3v) is 4.63. The van der Waals surface area contributed by atoms with Crippen LogP contribution in [0.2, 0.25) is 0 Å². The Morgan fingerprint density at radius 1 is 1.37 bits per heavy atom. The van der Waals surface area contributed by atoms with Gasteiger partial charge in [0, 0.05) is 19.3 Å². The molecule has 0 saturated carbocycles. The molecule has 2 N–H and O–H groups in total. The van der Waals surface area contributed by atoms with Crippen molar-refractivity contribution >= 4 is 10.0 Å². The molecule has 0 fully saturated rings. The summed E-state index contributed by atoms with van der Waals surface area (Å²) in [6, 6.07) is 0. The number of aromatic nitrogens is 2. The Labute approximate surface area is 114 Å². The molecule has 1 unspecified atom stereocenters. The van der Waals surface area contributed by atoms with Gasteiger partial charge in [0.2, 0.25) is 0 Å². The SMILES string of the molecule is CCC(CC)C(O)CNS(=O)(=O)c1cn(CC)cn1. The lowest BCUT2D eigenvalue weighted by molar-refractivity contribution is 0.107. The van der Waals surface area contributed by atoms with Crippen molar-refractivity contribution in [3.8, 4) is 0 Å². The van der Waals surface area contributed by atoms with Gasteiger partial charge in [-0.05, 0) is 12.8 Å². The zero-order valence-electron chi connectivity index (χ0n) is 11.7. The average Bonchev–Trinajstić information content (AvgIpc) is 2.87. The summed E-state index contributed by atoms with van der Waals surface area (Å²) in [6.45, 7) is 6.55. The van der Waals surface area contributed by atoms with Crippen molar-refractivity contribution in [2.75, 3.05) is 6.54 Å². The molecule has 1 atom stereocenters. The van der Waals surface area contributed by atoms with Crippen molar-refractivity contribution < 1.29 is 13.5 Å². The maximum Gasteiger partial charge on any atom is 0.259 e. The molecular weight excluding hydrogens is 266 g/mol. The van der Waals surface area contributed by atoms with Crippen molar-refractivity contribution in [2.45, 2.75) is 51.3 Å². The van der Waals surface area contributed by atoms with Crippen LogP contribution in [-0.4, -0.2) is 35.7 Å². The van der Waals surface area contributed by atoms with Crippen LogP contribution < -0.4 is 4.72 Å². The summed E-state index contributed by atoms with van der Waals surface area (Å²) < 4.78 is 28.0. The summed E-state index contributed by atoms with van der Waals surface area (Å²) in [5.74, 6) is 0.107. The van der Waals surface area contributed by atoms with Gasteiger partial charge in [-0.1, -0.05) is 26.7 Å². The van der Waals surface area contributed by atoms with Crippen LogP contribution in [0.3, 0.4) is 0 Å². The lowest BCUT2D eigenvalue weighted by atomic mass is 9.97. The Bertz CT molecular complexity index is 480. The minimum atomic E-state index is -3.64. The highest BCUT2D eigenvalue weighted by atomic mass is 32.2. The van der Waals surface area contributed by atoms with E-state index in [9.17, 15) is 13.5 Å². The second-order valence-electron chi connectivity index (χ2n) is 4.54. The molecule has 0 amide bonds. The summed E-state index contributed by atoms with van der Waals surface area (Å²) >= 11 is 0. The van der Waals surface area contributed by atoms with Gasteiger partial charge in [-0.2, -0.15) is 0 Å². The number of aliphatic hydroxyl groups excluding tert-OH is 1. The van der Waals surface area contributed by atoms with E-state index in [2.05, 4.69) is 9.71 Å². The van der Waals surface area contributed by atoms with Gasteiger partial charge in [0.15, 0.2) is 5.03 Å². The minimum Gasteiger partial charge on any atom is -0.391 e. The fourth-order valence-electron chi connectivity index (χ4n) is 1.92. The fraction of sp³-hybridized carbons (Fsp3) is 0.750. The fourth-order valence-corrected chi connectivity index (χ4v) is 2.92. The van der Waals surface area contributed by atoms with E-state index in [1.807, 2.05) is 20.8 Å². The molecular formula is C12H23N3O3S. The van der Waals surface area contributed by atoms with Crippen molar-refractivity contribution in [2.24, 2.45) is 5.92 Å². The maximum atomic E-state index is 12.0. The Kier molecular flexibility index (Phi) is 5.96. The number of imidazole rings is 1. The zero-order chi connectivity index (χ0) is 14.5. The van der Waals surface area contributed by atoms with Crippen LogP contribution in [0.4, 0.5) is 0 Å². The maximum absolute atomic E-state index is 12.0. The first-order valence-electron chi connectivity index (χ1n) is 6.64. The van der Waals surface area contributed by atoms with E-state index in [-0.39, 0.29) is 17.5 Å². The topological polar surface area (TPSA) is 84.2 Å². The second-order valence-corrected chi connectivity index (χ2v) is 6.25. The van der Waals surface area contributed by atoms with E-state index >= 15 is 0 Å². The van der Waals surface area contributed by atoms with Gasteiger partial charge in [-0.25, -0.2) is 18.1 Å². The lowest BCUT2D eigenvalue weighted by Gasteiger charge is -2.19. The first-order chi connectivity index (χ1) is 8.94. The molecule has 0 bridgehead atoms. The Morgan fingerprint density at radius 2 is 2.00 bits per heavy atom. The molecule has 6 nitrogen and oxygen atoms in total. The molecule has 0 radical (unpaired) electrons. The summed E-state index contributed by atoms with van der Waals surface area (Å²) in [7, 11) is -3.64. The number of aliphatic hydroxyl groups is 1. The molecule has 7 heteroatoms. The van der Waals surface area contributed by atoms with Gasteiger partial charge in [0.05, 0.1) is 12.4 Å². The molecule has 19 heavy (non-hydrogen) atoms. The van der Waals surface area contributed by atoms with E-state index in [1.165, 1.54) is 12.5 Å². The Hall–Kier alpha value is -0.920. The largest absolute Gasteiger partial charge is 0.391 e. The van der Waals surface area contributed by atoms with Crippen LogP contribution >= 0.6 is 0 Å². The summed E-state index contributed by atoms with van der Waals surface area (Å²) in [5.41, 5.74) is 0. The molecule has 0 aliphatic heterocycles. The van der Waals surface area contributed by atoms with Crippen LogP contribution in [0.5, 0.6) is 0 Å². The van der Waals surface area contributed by atoms with Gasteiger partial charge in [0.25, 0.3) is 10.0 Å². The van der Waals surface area contributed by atoms with E-state index in [0.717, 1.165) is 12.8 Å². The van der Waals surface area contributed by atoms with Crippen molar-refractivity contribution in [3.05, 3.63) is 12.5 Å². The molecule has 0 saturated heterocycles. The van der Waals surface area contributed by atoms with Crippen LogP contribution in [0.25, 0.3) is 0 Å². The van der Waals surface area contributed by atoms with Crippen LogP contribution in [0.1, 0.15) is 33.6 Å². The molecule has 0 spiro atoms. The highest BCUT2D eigenvalue weighted by molar-refractivity contribution is 7.89. The normalized spacial score (nSPS) is 13.9. The number of nitrogens with one attached hydrogen (secondary N) is 1. The van der Waals surface area contributed by atoms with E-state index < -0.39 is 16.1 Å². The molecule has 0 aliphatic carbocycles. The third kappa shape index (κ3) is 4.29. The molecule has 110 valence electrons. The second kappa shape index (κ2) is 7.02. The molecule has 1 rings (SSSR count). The van der Waals surface area contributed by atoms with Crippen molar-refractivity contribution in [1.29, 1.82) is 0 Å². The lowest BCUT2D eigenvalue weighted by Crippen LogP contribution is -2.36. The molecule has 1 aromatic rings. The van der Waals surface area contributed by atoms with E-state index in [0.29, 0.717) is 6.54 Å². The van der Waals surface area contributed by atoms with Crippen LogP contribution in [0, 0.1) is 5.92 Å². The quantitative estimate of drug-likeness (QED) is 0.747. The standard InChI is InChI=1S/C12H23N3O3S/c1-4-10(5-2)11(16)7-14-19(17,18)12-8-15(6-3)9-13-12/h8-11,14,16H,4-7H2,1-3H3. The summed E-state index contributed by atoms with van der Waals surface area (Å²) in [4.78, 5) is 3.85. The predicted octanol–water partition coefficient (Wildman–Crippen LogP) is 0.978. The number of nitrogens with zero attached hydrogens (tertiary/aromatic N) is 2. The molecule has 1 heterocycles. The minimum absolute atomic E-state index is 0.00824. The number of sulfonamides is 1. The van der Waals surface area contributed by atoms with E-state index in [4.69, 9.17) is 0 Å². The van der Waals surface area contributed by atoms with Crippen molar-refractivity contribution in [1.82, 2.24) is 14.3 Å². The Morgan fingerprint density at radius 3 is 2.47 bits per heavy atom. The highest BCUT2D eigenvalue weighted by Gasteiger charge is 2.21. The van der Waals surface area contributed by atoms with Crippen molar-refractivity contribution in [3.63, 3.8) is 0 Å². The molecule has 0 aromatic carbocycles. The van der Waals surface area contributed by atoms with Gasteiger partial charge in [-0.3, -0.25) is 0 Å². The van der Waals surface area contributed by atoms with Gasteiger partial charge >= 0.3 is 0 Å². The number of hydrogen-bond donors (Lipinski definition) is 2. The first-order valence-corrected chi connectivity index (χ1v) is 8.12. The van der Waals surface area contributed by atoms with Gasteiger partial charge in [0.1, 0.15) is 0 Å². The summed E-state index contributed by atoms with van der Waals surface area (Å²) in [5, 5.41) is 9.91. The molecule has 0 aliphatic rings. The monoisotopic (exact) mass is 289 g/mol. The predicted molar refractivity (Wildman–Crippen MR) is 73.2 cm³/mol. The zero-order valence-corrected chi connectivity index (χ0v) is 12.5. The molecule has 1 aromatic heterocycles. The highest BCUT2D eigenvalue weighted by Crippen LogP contribution is 2.13. The van der Waals surface area contributed by atoms with Crippen LogP contribution in [-0.2, 0) is 16.6 Å². The summed E-state index contributed by atoms with van der Waals surface area (Å²) in [6.07, 6.45) is 3.93. The third-order valence-electron chi connectivity index (χ3n) is 3.33. The first kappa shape index (κ1) is 16.1. The number of rotatable bonds is 8. The van der Waals surface area contributed by atoms with Gasteiger partial charge < -0.3 is 9.67 Å². The smallest absolute Gasteiger partial charge is 0.259 e. The van der Waals surface area contributed by atoms with Crippen LogP contribution in [0.15, 0.2) is 17.6 Å². The number of aryl methyl sites for hydroxylation is 1. The van der Waals surface area contributed by atoms with E-state index in [1.54, 1.807) is 4.57 Å². The number of hydrogen-bond acceptors (Lipinski definition) is 4. The van der Waals surface area contributed by atoms with Gasteiger partial charge in [-0.15, -0.1) is 0 Å².